The molecule has 0 heterocycles. The summed E-state index contributed by atoms with van der Waals surface area (Å²) >= 11 is 0. The van der Waals surface area contributed by atoms with E-state index in [0.29, 0.717) is 6.54 Å². The molecule has 1 aromatic carbocycles. The smallest absolute Gasteiger partial charge is 0.330 e. The van der Waals surface area contributed by atoms with Crippen LogP contribution in [0.25, 0.3) is 0 Å². The van der Waals surface area contributed by atoms with Gasteiger partial charge in [0.25, 0.3) is 0 Å². The van der Waals surface area contributed by atoms with E-state index >= 15 is 0 Å². The van der Waals surface area contributed by atoms with Crippen molar-refractivity contribution in [3.05, 3.63) is 42.5 Å². The summed E-state index contributed by atoms with van der Waals surface area (Å²) in [6.45, 7) is 5.81. The monoisotopic (exact) mass is 235 g/mol. The highest BCUT2D eigenvalue weighted by atomic mass is 16.5. The molecule has 2 N–H and O–H groups in total. The molecule has 1 atom stereocenters. The summed E-state index contributed by atoms with van der Waals surface area (Å²) in [5, 5.41) is 12.3. The summed E-state index contributed by atoms with van der Waals surface area (Å²) in [6, 6.07) is 6.43. The average molecular weight is 235 g/mol. The Morgan fingerprint density at radius 3 is 2.59 bits per heavy atom. The van der Waals surface area contributed by atoms with Crippen LogP contribution in [-0.2, 0) is 15.1 Å². The van der Waals surface area contributed by atoms with Gasteiger partial charge >= 0.3 is 5.97 Å². The van der Waals surface area contributed by atoms with Crippen molar-refractivity contribution in [1.29, 1.82) is 0 Å². The van der Waals surface area contributed by atoms with Crippen LogP contribution in [-0.4, -0.2) is 24.7 Å². The molecule has 1 unspecified atom stereocenters. The van der Waals surface area contributed by atoms with Gasteiger partial charge in [-0.1, -0.05) is 18.2 Å². The van der Waals surface area contributed by atoms with E-state index in [9.17, 15) is 9.90 Å². The molecule has 0 bridgehead atoms. The highest BCUT2D eigenvalue weighted by Crippen LogP contribution is 2.24. The van der Waals surface area contributed by atoms with E-state index in [1.807, 2.05) is 0 Å². The van der Waals surface area contributed by atoms with Crippen LogP contribution >= 0.6 is 0 Å². The predicted molar refractivity (Wildman–Crippen MR) is 65.7 cm³/mol. The molecule has 0 aliphatic carbocycles. The topological polar surface area (TPSA) is 58.6 Å². The van der Waals surface area contributed by atoms with Crippen LogP contribution in [0.2, 0.25) is 0 Å². The molecular formula is C13H17NO3. The fourth-order valence-corrected chi connectivity index (χ4v) is 1.57. The van der Waals surface area contributed by atoms with Crippen molar-refractivity contribution in [1.82, 2.24) is 5.32 Å². The largest absolute Gasteiger partial charge is 0.508 e. The first-order valence-electron chi connectivity index (χ1n) is 5.28. The van der Waals surface area contributed by atoms with Gasteiger partial charge in [0.05, 0.1) is 7.11 Å². The molecule has 0 saturated heterocycles. The van der Waals surface area contributed by atoms with Crippen LogP contribution in [0.3, 0.4) is 0 Å². The molecule has 1 rings (SSSR count). The Hall–Kier alpha value is -1.81. The van der Waals surface area contributed by atoms with Crippen LogP contribution in [0.15, 0.2) is 36.9 Å². The number of carbonyl (C=O) groups excluding carboxylic acids is 1. The van der Waals surface area contributed by atoms with Gasteiger partial charge in [0, 0.05) is 6.54 Å². The van der Waals surface area contributed by atoms with E-state index in [-0.39, 0.29) is 11.7 Å². The maximum atomic E-state index is 11.8. The number of nitrogens with one attached hydrogen (secondary N) is 1. The minimum atomic E-state index is -0.948. The zero-order valence-electron chi connectivity index (χ0n) is 10.1. The number of phenolic OH excluding ortho intramolecular Hbond substituents is 1. The molecule has 0 saturated carbocycles. The van der Waals surface area contributed by atoms with E-state index in [1.54, 1.807) is 25.1 Å². The van der Waals surface area contributed by atoms with Gasteiger partial charge in [0.15, 0.2) is 0 Å². The maximum absolute atomic E-state index is 11.8. The van der Waals surface area contributed by atoms with E-state index in [4.69, 9.17) is 4.74 Å². The lowest BCUT2D eigenvalue weighted by molar-refractivity contribution is -0.148. The fraction of sp³-hybridized carbons (Fsp3) is 0.308. The number of carbonyl (C=O) groups is 1. The Morgan fingerprint density at radius 2 is 2.12 bits per heavy atom. The summed E-state index contributed by atoms with van der Waals surface area (Å²) in [4.78, 5) is 11.8. The minimum absolute atomic E-state index is 0.157. The van der Waals surface area contributed by atoms with Gasteiger partial charge in [-0.2, -0.15) is 0 Å². The lowest BCUT2D eigenvalue weighted by Gasteiger charge is -2.28. The maximum Gasteiger partial charge on any atom is 0.330 e. The lowest BCUT2D eigenvalue weighted by atomic mass is 9.92. The molecule has 4 heteroatoms. The Labute approximate surface area is 101 Å². The fourth-order valence-electron chi connectivity index (χ4n) is 1.57. The minimum Gasteiger partial charge on any atom is -0.508 e. The summed E-state index contributed by atoms with van der Waals surface area (Å²) < 4.78 is 4.80. The Bertz CT molecular complexity index is 400. The number of benzene rings is 1. The molecule has 0 spiro atoms. The summed E-state index contributed by atoms with van der Waals surface area (Å²) in [6.07, 6.45) is 1.67. The second-order valence-electron chi connectivity index (χ2n) is 3.83. The number of aromatic hydroxyl groups is 1. The number of hydrogen-bond acceptors (Lipinski definition) is 4. The molecule has 1 aromatic rings. The highest BCUT2D eigenvalue weighted by Gasteiger charge is 2.35. The number of rotatable bonds is 5. The lowest BCUT2D eigenvalue weighted by Crippen LogP contribution is -2.47. The third kappa shape index (κ3) is 2.85. The molecule has 0 amide bonds. The third-order valence-electron chi connectivity index (χ3n) is 2.64. The number of hydrogen-bond donors (Lipinski definition) is 2. The number of methoxy groups -OCH3 is 1. The highest BCUT2D eigenvalue weighted by molar-refractivity contribution is 5.82. The molecule has 0 aromatic heterocycles. The van der Waals surface area contributed by atoms with Crippen LogP contribution in [0, 0.1) is 0 Å². The van der Waals surface area contributed by atoms with Gasteiger partial charge in [0.1, 0.15) is 11.3 Å². The van der Waals surface area contributed by atoms with Crippen LogP contribution in [0.4, 0.5) is 0 Å². The molecular weight excluding hydrogens is 218 g/mol. The van der Waals surface area contributed by atoms with Crippen molar-refractivity contribution in [2.75, 3.05) is 13.7 Å². The van der Waals surface area contributed by atoms with Crippen molar-refractivity contribution in [2.45, 2.75) is 12.5 Å². The summed E-state index contributed by atoms with van der Waals surface area (Å²) in [7, 11) is 1.34. The van der Waals surface area contributed by atoms with Gasteiger partial charge < -0.3 is 9.84 Å². The van der Waals surface area contributed by atoms with E-state index in [1.165, 1.54) is 19.2 Å². The molecule has 92 valence electrons. The van der Waals surface area contributed by atoms with Crippen molar-refractivity contribution in [3.63, 3.8) is 0 Å². The zero-order chi connectivity index (χ0) is 12.9. The molecule has 0 fully saturated rings. The standard InChI is InChI=1S/C13H17NO3/c1-4-9-14-13(2,12(16)17-3)10-5-7-11(15)8-6-10/h4-8,14-15H,1,9H2,2-3H3. The molecule has 0 radical (unpaired) electrons. The van der Waals surface area contributed by atoms with Gasteiger partial charge in [-0.3, -0.25) is 5.32 Å². The van der Waals surface area contributed by atoms with Crippen molar-refractivity contribution in [3.8, 4) is 5.75 Å². The van der Waals surface area contributed by atoms with Crippen LogP contribution < -0.4 is 5.32 Å². The first kappa shape index (κ1) is 13.3. The van der Waals surface area contributed by atoms with Gasteiger partial charge in [0.2, 0.25) is 0 Å². The second-order valence-corrected chi connectivity index (χ2v) is 3.83. The predicted octanol–water partition coefficient (Wildman–Crippen LogP) is 1.56. The van der Waals surface area contributed by atoms with E-state index in [2.05, 4.69) is 11.9 Å². The van der Waals surface area contributed by atoms with Crippen LogP contribution in [0.5, 0.6) is 5.75 Å². The van der Waals surface area contributed by atoms with Crippen LogP contribution in [0.1, 0.15) is 12.5 Å². The van der Waals surface area contributed by atoms with Crippen molar-refractivity contribution >= 4 is 5.97 Å². The van der Waals surface area contributed by atoms with Gasteiger partial charge in [-0.15, -0.1) is 6.58 Å². The quantitative estimate of drug-likeness (QED) is 0.600. The Balaban J connectivity index is 3.08. The first-order valence-corrected chi connectivity index (χ1v) is 5.28. The molecule has 0 aliphatic heterocycles. The molecule has 17 heavy (non-hydrogen) atoms. The normalized spacial score (nSPS) is 13.8. The van der Waals surface area contributed by atoms with Gasteiger partial charge in [-0.05, 0) is 24.6 Å². The number of phenols is 1. The van der Waals surface area contributed by atoms with Gasteiger partial charge in [-0.25, -0.2) is 4.79 Å². The van der Waals surface area contributed by atoms with E-state index < -0.39 is 5.54 Å². The average Bonchev–Trinajstić information content (AvgIpc) is 2.35. The van der Waals surface area contributed by atoms with Crippen molar-refractivity contribution in [2.24, 2.45) is 0 Å². The first-order chi connectivity index (χ1) is 8.04. The molecule has 4 nitrogen and oxygen atoms in total. The molecule has 0 aliphatic rings. The number of esters is 1. The number of ether oxygens (including phenoxy) is 1. The van der Waals surface area contributed by atoms with E-state index in [0.717, 1.165) is 5.56 Å². The zero-order valence-corrected chi connectivity index (χ0v) is 10.1. The Kier molecular flexibility index (Phi) is 4.29. The summed E-state index contributed by atoms with van der Waals surface area (Å²) in [5.41, 5.74) is -0.222. The van der Waals surface area contributed by atoms with Crippen molar-refractivity contribution < 1.29 is 14.6 Å². The summed E-state index contributed by atoms with van der Waals surface area (Å²) in [5.74, 6) is -0.227. The SMILES string of the molecule is C=CCNC(C)(C(=O)OC)c1ccc(O)cc1. The third-order valence-corrected chi connectivity index (χ3v) is 2.64. The Morgan fingerprint density at radius 1 is 1.53 bits per heavy atom. The second kappa shape index (κ2) is 5.50.